The number of hydrogen-bond donors (Lipinski definition) is 1. The van der Waals surface area contributed by atoms with Crippen LogP contribution in [0.4, 0.5) is 5.69 Å². The highest BCUT2D eigenvalue weighted by Gasteiger charge is 2.00. The molecule has 2 aromatic carbocycles. The zero-order valence-electron chi connectivity index (χ0n) is 11.3. The summed E-state index contributed by atoms with van der Waals surface area (Å²) in [5, 5.41) is 6.10. The lowest BCUT2D eigenvalue weighted by atomic mass is 10.3. The second-order valence-electron chi connectivity index (χ2n) is 4.52. The molecule has 0 radical (unpaired) electrons. The molecule has 2 nitrogen and oxygen atoms in total. The minimum atomic E-state index is 0.774. The predicted octanol–water partition coefficient (Wildman–Crippen LogP) is 5.81. The molecule has 0 atom stereocenters. The molecule has 0 saturated heterocycles. The van der Waals surface area contributed by atoms with Crippen molar-refractivity contribution in [1.29, 1.82) is 0 Å². The lowest BCUT2D eigenvalue weighted by molar-refractivity contribution is 0.483. The van der Waals surface area contributed by atoms with Crippen molar-refractivity contribution in [2.45, 2.75) is 6.54 Å². The molecule has 4 heteroatoms. The van der Waals surface area contributed by atoms with Gasteiger partial charge >= 0.3 is 0 Å². The van der Waals surface area contributed by atoms with E-state index in [1.807, 2.05) is 66.0 Å². The number of rotatable bonds is 5. The standard InChI is InChI=1S/C17H14ClNOS/c18-13-10-17(21-12-13)11-19-14-6-8-16(9-7-14)20-15-4-2-1-3-5-15/h1-10,12,19H,11H2. The van der Waals surface area contributed by atoms with Crippen LogP contribution in [0, 0.1) is 0 Å². The van der Waals surface area contributed by atoms with Gasteiger partial charge in [0, 0.05) is 22.5 Å². The first kappa shape index (κ1) is 14.0. The molecule has 1 aromatic heterocycles. The van der Waals surface area contributed by atoms with Crippen molar-refractivity contribution in [3.8, 4) is 11.5 Å². The summed E-state index contributed by atoms with van der Waals surface area (Å²) in [5.74, 6) is 1.66. The molecule has 106 valence electrons. The first-order chi connectivity index (χ1) is 10.3. The SMILES string of the molecule is Clc1csc(CNc2ccc(Oc3ccccc3)cc2)c1. The lowest BCUT2D eigenvalue weighted by Crippen LogP contribution is -1.96. The molecular weight excluding hydrogens is 302 g/mol. The van der Waals surface area contributed by atoms with Crippen molar-refractivity contribution in [1.82, 2.24) is 0 Å². The smallest absolute Gasteiger partial charge is 0.127 e. The Bertz CT molecular complexity index is 694. The first-order valence-electron chi connectivity index (χ1n) is 6.59. The van der Waals surface area contributed by atoms with Gasteiger partial charge in [0.05, 0.1) is 5.02 Å². The number of halogens is 1. The van der Waals surface area contributed by atoms with E-state index < -0.39 is 0 Å². The number of nitrogens with one attached hydrogen (secondary N) is 1. The molecule has 3 rings (SSSR count). The second kappa shape index (κ2) is 6.66. The molecule has 0 amide bonds. The van der Waals surface area contributed by atoms with Gasteiger partial charge in [-0.25, -0.2) is 0 Å². The van der Waals surface area contributed by atoms with Crippen LogP contribution >= 0.6 is 22.9 Å². The van der Waals surface area contributed by atoms with E-state index in [2.05, 4.69) is 5.32 Å². The van der Waals surface area contributed by atoms with Gasteiger partial charge in [0.15, 0.2) is 0 Å². The van der Waals surface area contributed by atoms with Gasteiger partial charge < -0.3 is 10.1 Å². The Morgan fingerprint density at radius 1 is 0.952 bits per heavy atom. The third-order valence-corrected chi connectivity index (χ3v) is 4.21. The van der Waals surface area contributed by atoms with E-state index in [0.29, 0.717) is 0 Å². The Labute approximate surface area is 133 Å². The Morgan fingerprint density at radius 2 is 1.67 bits per heavy atom. The molecule has 0 aliphatic heterocycles. The molecule has 0 aliphatic carbocycles. The third-order valence-electron chi connectivity index (χ3n) is 2.92. The summed E-state index contributed by atoms with van der Waals surface area (Å²) >= 11 is 7.56. The Kier molecular flexibility index (Phi) is 4.43. The molecule has 0 fully saturated rings. The molecule has 0 saturated carbocycles. The maximum absolute atomic E-state index is 5.91. The molecule has 0 unspecified atom stereocenters. The quantitative estimate of drug-likeness (QED) is 0.642. The van der Waals surface area contributed by atoms with Crippen molar-refractivity contribution in [3.05, 3.63) is 75.9 Å². The van der Waals surface area contributed by atoms with Gasteiger partial charge in [-0.3, -0.25) is 0 Å². The van der Waals surface area contributed by atoms with Gasteiger partial charge in [0.1, 0.15) is 11.5 Å². The highest BCUT2D eigenvalue weighted by Crippen LogP contribution is 2.24. The van der Waals surface area contributed by atoms with Crippen LogP contribution in [0.15, 0.2) is 66.0 Å². The summed E-state index contributed by atoms with van der Waals surface area (Å²) in [4.78, 5) is 1.21. The van der Waals surface area contributed by atoms with Crippen LogP contribution in [0.3, 0.4) is 0 Å². The van der Waals surface area contributed by atoms with Gasteiger partial charge in [-0.1, -0.05) is 29.8 Å². The number of thiophene rings is 1. The van der Waals surface area contributed by atoms with E-state index in [-0.39, 0.29) is 0 Å². The fourth-order valence-corrected chi connectivity index (χ4v) is 2.91. The largest absolute Gasteiger partial charge is 0.457 e. The molecule has 0 aliphatic rings. The van der Waals surface area contributed by atoms with Gasteiger partial charge in [-0.15, -0.1) is 11.3 Å². The van der Waals surface area contributed by atoms with E-state index in [0.717, 1.165) is 28.8 Å². The van der Waals surface area contributed by atoms with Gasteiger partial charge in [-0.05, 0) is 42.5 Å². The van der Waals surface area contributed by atoms with Crippen molar-refractivity contribution >= 4 is 28.6 Å². The van der Waals surface area contributed by atoms with Crippen molar-refractivity contribution in [2.24, 2.45) is 0 Å². The monoisotopic (exact) mass is 315 g/mol. The second-order valence-corrected chi connectivity index (χ2v) is 5.96. The van der Waals surface area contributed by atoms with Crippen molar-refractivity contribution < 1.29 is 4.74 Å². The highest BCUT2D eigenvalue weighted by molar-refractivity contribution is 7.10. The first-order valence-corrected chi connectivity index (χ1v) is 7.85. The average Bonchev–Trinajstić information content (AvgIpc) is 2.93. The molecule has 1 heterocycles. The van der Waals surface area contributed by atoms with Crippen LogP contribution in [0.2, 0.25) is 5.02 Å². The van der Waals surface area contributed by atoms with Crippen molar-refractivity contribution in [3.63, 3.8) is 0 Å². The Morgan fingerprint density at radius 3 is 2.33 bits per heavy atom. The highest BCUT2D eigenvalue weighted by atomic mass is 35.5. The normalized spacial score (nSPS) is 10.3. The van der Waals surface area contributed by atoms with E-state index in [1.54, 1.807) is 11.3 Å². The predicted molar refractivity (Wildman–Crippen MR) is 89.6 cm³/mol. The zero-order valence-corrected chi connectivity index (χ0v) is 12.8. The number of para-hydroxylation sites is 1. The summed E-state index contributed by atoms with van der Waals surface area (Å²) in [5.41, 5.74) is 1.06. The van der Waals surface area contributed by atoms with E-state index in [9.17, 15) is 0 Å². The van der Waals surface area contributed by atoms with Crippen molar-refractivity contribution in [2.75, 3.05) is 5.32 Å². The molecule has 3 aromatic rings. The van der Waals surface area contributed by atoms with Gasteiger partial charge in [-0.2, -0.15) is 0 Å². The zero-order chi connectivity index (χ0) is 14.5. The van der Waals surface area contributed by atoms with Gasteiger partial charge in [0.25, 0.3) is 0 Å². The van der Waals surface area contributed by atoms with Crippen LogP contribution in [0.25, 0.3) is 0 Å². The summed E-state index contributed by atoms with van der Waals surface area (Å²) in [6, 6.07) is 19.7. The summed E-state index contributed by atoms with van der Waals surface area (Å²) in [6.07, 6.45) is 0. The van der Waals surface area contributed by atoms with Crippen LogP contribution in [0.1, 0.15) is 4.88 Å². The summed E-state index contributed by atoms with van der Waals surface area (Å²) in [7, 11) is 0. The molecule has 1 N–H and O–H groups in total. The Balaban J connectivity index is 1.59. The van der Waals surface area contributed by atoms with E-state index >= 15 is 0 Å². The average molecular weight is 316 g/mol. The maximum atomic E-state index is 5.91. The van der Waals surface area contributed by atoms with Gasteiger partial charge in [0.2, 0.25) is 0 Å². The molecule has 21 heavy (non-hydrogen) atoms. The molecule has 0 spiro atoms. The number of benzene rings is 2. The summed E-state index contributed by atoms with van der Waals surface area (Å²) < 4.78 is 5.76. The molecular formula is C17H14ClNOS. The Hall–Kier alpha value is -1.97. The lowest BCUT2D eigenvalue weighted by Gasteiger charge is -2.08. The molecule has 0 bridgehead atoms. The number of anilines is 1. The maximum Gasteiger partial charge on any atom is 0.127 e. The fourth-order valence-electron chi connectivity index (χ4n) is 1.90. The van der Waals surface area contributed by atoms with Crippen LogP contribution in [-0.2, 0) is 6.54 Å². The number of ether oxygens (including phenoxy) is 1. The minimum absolute atomic E-state index is 0.774. The van der Waals surface area contributed by atoms with Crippen LogP contribution in [-0.4, -0.2) is 0 Å². The topological polar surface area (TPSA) is 21.3 Å². The van der Waals surface area contributed by atoms with E-state index in [1.165, 1.54) is 4.88 Å². The third kappa shape index (κ3) is 4.00. The minimum Gasteiger partial charge on any atom is -0.457 e. The van der Waals surface area contributed by atoms with Crippen LogP contribution in [0.5, 0.6) is 11.5 Å². The van der Waals surface area contributed by atoms with Crippen LogP contribution < -0.4 is 10.1 Å². The van der Waals surface area contributed by atoms with E-state index in [4.69, 9.17) is 16.3 Å². The summed E-state index contributed by atoms with van der Waals surface area (Å²) in [6.45, 7) is 0.774. The fraction of sp³-hybridized carbons (Fsp3) is 0.0588. The number of hydrogen-bond acceptors (Lipinski definition) is 3.